The van der Waals surface area contributed by atoms with Crippen LogP contribution in [0.2, 0.25) is 0 Å². The Balaban J connectivity index is 0.00000225. The first-order valence-corrected chi connectivity index (χ1v) is 8.83. The van der Waals surface area contributed by atoms with Gasteiger partial charge in [0.25, 0.3) is 0 Å². The van der Waals surface area contributed by atoms with Crippen molar-refractivity contribution in [2.24, 2.45) is 10.7 Å². The van der Waals surface area contributed by atoms with E-state index < -0.39 is 0 Å². The van der Waals surface area contributed by atoms with Crippen molar-refractivity contribution in [3.8, 4) is 11.5 Å². The van der Waals surface area contributed by atoms with Crippen molar-refractivity contribution in [3.63, 3.8) is 0 Å². The minimum Gasteiger partial charge on any atom is -0.490 e. The van der Waals surface area contributed by atoms with Crippen LogP contribution < -0.4 is 20.5 Å². The molecule has 3 N–H and O–H groups in total. The Labute approximate surface area is 168 Å². The van der Waals surface area contributed by atoms with Crippen LogP contribution in [0.5, 0.6) is 11.5 Å². The summed E-state index contributed by atoms with van der Waals surface area (Å²) < 4.78 is 11.3. The average Bonchev–Trinajstić information content (AvgIpc) is 2.75. The number of nitrogens with zero attached hydrogens (tertiary/aromatic N) is 2. The van der Waals surface area contributed by atoms with Gasteiger partial charge in [-0.05, 0) is 26.0 Å². The number of aromatic nitrogens is 1. The summed E-state index contributed by atoms with van der Waals surface area (Å²) in [6, 6.07) is 5.68. The molecule has 3 rings (SSSR count). The molecule has 25 heavy (non-hydrogen) atoms. The van der Waals surface area contributed by atoms with Crippen LogP contribution in [-0.4, -0.2) is 30.7 Å². The molecule has 1 aromatic heterocycles. The van der Waals surface area contributed by atoms with E-state index >= 15 is 0 Å². The number of nitrogens with two attached hydrogens (primary N) is 1. The Morgan fingerprint density at radius 3 is 2.76 bits per heavy atom. The number of ether oxygens (including phenoxy) is 2. The summed E-state index contributed by atoms with van der Waals surface area (Å²) in [7, 11) is 0. The highest BCUT2D eigenvalue weighted by molar-refractivity contribution is 14.0. The van der Waals surface area contributed by atoms with E-state index in [0.29, 0.717) is 25.7 Å². The van der Waals surface area contributed by atoms with Gasteiger partial charge in [0.05, 0.1) is 23.9 Å². The second kappa shape index (κ2) is 9.23. The fourth-order valence-corrected chi connectivity index (χ4v) is 3.27. The number of benzene rings is 1. The number of anilines is 1. The molecule has 0 radical (unpaired) electrons. The summed E-state index contributed by atoms with van der Waals surface area (Å²) in [4.78, 5) is 10.1. The van der Waals surface area contributed by atoms with Crippen molar-refractivity contribution in [3.05, 3.63) is 33.8 Å². The average molecular weight is 474 g/mol. The van der Waals surface area contributed by atoms with Gasteiger partial charge in [-0.1, -0.05) is 0 Å². The molecular formula is C17H23IN4O2S. The highest BCUT2D eigenvalue weighted by atomic mass is 127. The smallest absolute Gasteiger partial charge is 0.193 e. The number of hydrogen-bond acceptors (Lipinski definition) is 5. The molecule has 6 nitrogen and oxygen atoms in total. The molecule has 0 amide bonds. The van der Waals surface area contributed by atoms with E-state index in [2.05, 4.69) is 22.2 Å². The lowest BCUT2D eigenvalue weighted by molar-refractivity contribution is 0.297. The molecule has 0 atom stereocenters. The third-order valence-electron chi connectivity index (χ3n) is 3.70. The van der Waals surface area contributed by atoms with Crippen LogP contribution in [0, 0.1) is 13.8 Å². The molecule has 0 saturated carbocycles. The molecule has 1 aliphatic heterocycles. The number of rotatable bonds is 4. The van der Waals surface area contributed by atoms with E-state index in [0.717, 1.165) is 40.7 Å². The standard InChI is InChI=1S/C17H22N4O2S.HI/c1-11-12(2)24-16(20-11)6-7-19-17(18)21-13-4-5-14-15(10-13)23-9-3-8-22-14;/h4-5,10H,3,6-9H2,1-2H3,(H3,18,19,21);1H. The van der Waals surface area contributed by atoms with Gasteiger partial charge in [0.2, 0.25) is 0 Å². The fourth-order valence-electron chi connectivity index (χ4n) is 2.35. The predicted molar refractivity (Wildman–Crippen MR) is 113 cm³/mol. The molecule has 0 spiro atoms. The first-order valence-electron chi connectivity index (χ1n) is 8.01. The van der Waals surface area contributed by atoms with Crippen molar-refractivity contribution >= 4 is 47.0 Å². The Hall–Kier alpha value is -1.55. The van der Waals surface area contributed by atoms with Gasteiger partial charge in [0.15, 0.2) is 17.5 Å². The van der Waals surface area contributed by atoms with Gasteiger partial charge in [-0.3, -0.25) is 4.99 Å². The number of aryl methyl sites for hydroxylation is 2. The van der Waals surface area contributed by atoms with Gasteiger partial charge < -0.3 is 20.5 Å². The first-order chi connectivity index (χ1) is 11.6. The largest absolute Gasteiger partial charge is 0.490 e. The molecule has 2 aromatic rings. The van der Waals surface area contributed by atoms with Gasteiger partial charge >= 0.3 is 0 Å². The molecule has 136 valence electrons. The monoisotopic (exact) mass is 474 g/mol. The Morgan fingerprint density at radius 2 is 2.04 bits per heavy atom. The van der Waals surface area contributed by atoms with Crippen molar-refractivity contribution in [2.45, 2.75) is 26.7 Å². The van der Waals surface area contributed by atoms with Gasteiger partial charge in [0, 0.05) is 36.0 Å². The van der Waals surface area contributed by atoms with Crippen molar-refractivity contribution in [1.82, 2.24) is 4.98 Å². The molecule has 2 heterocycles. The molecule has 1 aromatic carbocycles. The Morgan fingerprint density at radius 1 is 1.28 bits per heavy atom. The quantitative estimate of drug-likeness (QED) is 0.403. The molecule has 8 heteroatoms. The molecule has 0 saturated heterocycles. The molecule has 0 aliphatic carbocycles. The van der Waals surface area contributed by atoms with E-state index in [4.69, 9.17) is 15.2 Å². The highest BCUT2D eigenvalue weighted by Gasteiger charge is 2.11. The third kappa shape index (κ3) is 5.46. The van der Waals surface area contributed by atoms with Crippen molar-refractivity contribution in [1.29, 1.82) is 0 Å². The van der Waals surface area contributed by atoms with E-state index in [-0.39, 0.29) is 24.0 Å². The zero-order valence-corrected chi connectivity index (χ0v) is 17.5. The normalized spacial score (nSPS) is 13.8. The molecular weight excluding hydrogens is 451 g/mol. The van der Waals surface area contributed by atoms with Gasteiger partial charge in [0.1, 0.15) is 0 Å². The molecule has 1 aliphatic rings. The summed E-state index contributed by atoms with van der Waals surface area (Å²) in [5.41, 5.74) is 7.89. The molecule has 0 bridgehead atoms. The minimum absolute atomic E-state index is 0. The van der Waals surface area contributed by atoms with Crippen LogP contribution in [0.25, 0.3) is 0 Å². The maximum Gasteiger partial charge on any atom is 0.193 e. The van der Waals surface area contributed by atoms with E-state index in [1.165, 1.54) is 4.88 Å². The predicted octanol–water partition coefficient (Wildman–Crippen LogP) is 3.51. The fraction of sp³-hybridized carbons (Fsp3) is 0.412. The first kappa shape index (κ1) is 19.8. The second-order valence-electron chi connectivity index (χ2n) is 5.60. The number of aliphatic imine (C=N–C) groups is 1. The van der Waals surface area contributed by atoms with Crippen LogP contribution in [0.15, 0.2) is 23.2 Å². The van der Waals surface area contributed by atoms with Crippen LogP contribution in [0.4, 0.5) is 5.69 Å². The number of hydrogen-bond donors (Lipinski definition) is 2. The summed E-state index contributed by atoms with van der Waals surface area (Å²) >= 11 is 1.72. The minimum atomic E-state index is 0. The van der Waals surface area contributed by atoms with E-state index in [1.54, 1.807) is 11.3 Å². The lowest BCUT2D eigenvalue weighted by atomic mass is 10.3. The number of thiazole rings is 1. The lowest BCUT2D eigenvalue weighted by Crippen LogP contribution is -2.23. The molecule has 0 fully saturated rings. The van der Waals surface area contributed by atoms with Crippen LogP contribution in [-0.2, 0) is 6.42 Å². The molecule has 0 unspecified atom stereocenters. The SMILES string of the molecule is Cc1nc(CCN=C(N)Nc2ccc3c(c2)OCCCO3)sc1C.I. The van der Waals surface area contributed by atoms with E-state index in [9.17, 15) is 0 Å². The Kier molecular flexibility index (Phi) is 7.30. The Bertz CT molecular complexity index is 729. The van der Waals surface area contributed by atoms with Crippen LogP contribution in [0.1, 0.15) is 22.0 Å². The van der Waals surface area contributed by atoms with Gasteiger partial charge in [-0.15, -0.1) is 35.3 Å². The zero-order chi connectivity index (χ0) is 16.9. The maximum atomic E-state index is 5.96. The van der Waals surface area contributed by atoms with Gasteiger partial charge in [-0.2, -0.15) is 0 Å². The number of guanidine groups is 1. The zero-order valence-electron chi connectivity index (χ0n) is 14.4. The van der Waals surface area contributed by atoms with Crippen LogP contribution in [0.3, 0.4) is 0 Å². The lowest BCUT2D eigenvalue weighted by Gasteiger charge is -2.10. The van der Waals surface area contributed by atoms with E-state index in [1.807, 2.05) is 25.1 Å². The summed E-state index contributed by atoms with van der Waals surface area (Å²) in [6.07, 6.45) is 1.68. The second-order valence-corrected chi connectivity index (χ2v) is 6.89. The number of halogens is 1. The summed E-state index contributed by atoms with van der Waals surface area (Å²) in [5.74, 6) is 1.89. The summed E-state index contributed by atoms with van der Waals surface area (Å²) in [5, 5.41) is 4.19. The third-order valence-corrected chi connectivity index (χ3v) is 4.83. The topological polar surface area (TPSA) is 81.8 Å². The van der Waals surface area contributed by atoms with Crippen molar-refractivity contribution < 1.29 is 9.47 Å². The van der Waals surface area contributed by atoms with Crippen molar-refractivity contribution in [2.75, 3.05) is 25.1 Å². The van der Waals surface area contributed by atoms with Gasteiger partial charge in [-0.25, -0.2) is 4.98 Å². The highest BCUT2D eigenvalue weighted by Crippen LogP contribution is 2.32. The number of nitrogens with one attached hydrogen (secondary N) is 1. The van der Waals surface area contributed by atoms with Crippen LogP contribution >= 0.6 is 35.3 Å². The number of fused-ring (bicyclic) bond motifs is 1. The maximum absolute atomic E-state index is 5.96. The summed E-state index contributed by atoms with van der Waals surface area (Å²) in [6.45, 7) is 6.06.